The average Bonchev–Trinajstić information content (AvgIpc) is 2.68. The summed E-state index contributed by atoms with van der Waals surface area (Å²) in [6.45, 7) is 4.15. The van der Waals surface area contributed by atoms with Crippen molar-refractivity contribution in [2.45, 2.75) is 0 Å². The summed E-state index contributed by atoms with van der Waals surface area (Å²) < 4.78 is 10.4. The predicted octanol–water partition coefficient (Wildman–Crippen LogP) is 5.32. The zero-order valence-corrected chi connectivity index (χ0v) is 14.6. The van der Waals surface area contributed by atoms with Crippen molar-refractivity contribution in [1.29, 1.82) is 0 Å². The molecule has 3 aromatic carbocycles. The SMILES string of the molecule is C=CP(=Nc1ccc(OC)cc1)(c1ccccc1)c1ccccc1. The average molecular weight is 333 g/mol. The van der Waals surface area contributed by atoms with Gasteiger partial charge in [-0.15, -0.1) is 0 Å². The zero-order chi connectivity index (χ0) is 16.8. The van der Waals surface area contributed by atoms with Crippen molar-refractivity contribution in [1.82, 2.24) is 0 Å². The van der Waals surface area contributed by atoms with Crippen molar-refractivity contribution in [3.05, 3.63) is 97.3 Å². The summed E-state index contributed by atoms with van der Waals surface area (Å²) in [4.78, 5) is 0. The number of rotatable bonds is 5. The van der Waals surface area contributed by atoms with E-state index in [9.17, 15) is 0 Å². The fourth-order valence-electron chi connectivity index (χ4n) is 2.66. The van der Waals surface area contributed by atoms with Gasteiger partial charge in [-0.3, -0.25) is 4.74 Å². The Hall–Kier alpha value is -2.57. The van der Waals surface area contributed by atoms with Gasteiger partial charge in [-0.1, -0.05) is 67.2 Å². The van der Waals surface area contributed by atoms with Crippen LogP contribution in [0.15, 0.2) is 102 Å². The first-order valence-corrected chi connectivity index (χ1v) is 9.60. The van der Waals surface area contributed by atoms with Gasteiger partial charge in [-0.25, -0.2) is 0 Å². The molecule has 0 bridgehead atoms. The lowest BCUT2D eigenvalue weighted by Gasteiger charge is -2.22. The first-order chi connectivity index (χ1) is 11.8. The highest BCUT2D eigenvalue weighted by Gasteiger charge is 2.21. The molecule has 0 spiro atoms. The maximum atomic E-state index is 5.24. The quantitative estimate of drug-likeness (QED) is 0.579. The Morgan fingerprint density at radius 1 is 0.792 bits per heavy atom. The smallest absolute Gasteiger partial charge is 0.119 e. The van der Waals surface area contributed by atoms with E-state index in [-0.39, 0.29) is 0 Å². The highest BCUT2D eigenvalue weighted by Crippen LogP contribution is 2.51. The van der Waals surface area contributed by atoms with Crippen LogP contribution in [0.4, 0.5) is 5.69 Å². The molecule has 120 valence electrons. The van der Waals surface area contributed by atoms with E-state index in [0.717, 1.165) is 11.4 Å². The van der Waals surface area contributed by atoms with E-state index in [4.69, 9.17) is 9.48 Å². The van der Waals surface area contributed by atoms with Gasteiger partial charge in [0, 0.05) is 10.6 Å². The lowest BCUT2D eigenvalue weighted by molar-refractivity contribution is 0.415. The molecule has 0 N–H and O–H groups in total. The summed E-state index contributed by atoms with van der Waals surface area (Å²) in [6.07, 6.45) is 0. The van der Waals surface area contributed by atoms with Crippen LogP contribution in [0.25, 0.3) is 0 Å². The van der Waals surface area contributed by atoms with Crippen LogP contribution in [-0.2, 0) is 0 Å². The topological polar surface area (TPSA) is 21.6 Å². The molecule has 24 heavy (non-hydrogen) atoms. The Labute approximate surface area is 143 Å². The number of methoxy groups -OCH3 is 1. The van der Waals surface area contributed by atoms with Crippen LogP contribution >= 0.6 is 7.05 Å². The number of benzene rings is 3. The third kappa shape index (κ3) is 3.20. The summed E-state index contributed by atoms with van der Waals surface area (Å²) in [5, 5.41) is 2.39. The molecule has 3 heteroatoms. The van der Waals surface area contributed by atoms with E-state index in [2.05, 4.69) is 55.1 Å². The second kappa shape index (κ2) is 7.33. The molecule has 0 radical (unpaired) electrons. The summed E-state index contributed by atoms with van der Waals surface area (Å²) in [6, 6.07) is 28.7. The Kier molecular flexibility index (Phi) is 4.98. The van der Waals surface area contributed by atoms with E-state index in [1.54, 1.807) is 7.11 Å². The molecule has 0 unspecified atom stereocenters. The molecule has 0 saturated heterocycles. The molecule has 0 aliphatic heterocycles. The Bertz CT molecular complexity index is 812. The molecule has 0 fully saturated rings. The van der Waals surface area contributed by atoms with Crippen LogP contribution in [0.3, 0.4) is 0 Å². The van der Waals surface area contributed by atoms with Crippen LogP contribution in [0.2, 0.25) is 0 Å². The maximum Gasteiger partial charge on any atom is 0.119 e. The highest BCUT2D eigenvalue weighted by atomic mass is 31.2. The first kappa shape index (κ1) is 16.3. The lowest BCUT2D eigenvalue weighted by atomic mass is 10.3. The number of ether oxygens (including phenoxy) is 1. The van der Waals surface area contributed by atoms with Gasteiger partial charge >= 0.3 is 0 Å². The second-order valence-electron chi connectivity index (χ2n) is 5.34. The van der Waals surface area contributed by atoms with Crippen molar-refractivity contribution >= 4 is 23.4 Å². The monoisotopic (exact) mass is 333 g/mol. The minimum absolute atomic E-state index is 0.830. The fourth-order valence-corrected chi connectivity index (χ4v) is 5.44. The van der Waals surface area contributed by atoms with Crippen molar-refractivity contribution < 1.29 is 4.74 Å². The Balaban J connectivity index is 2.25. The third-order valence-electron chi connectivity index (χ3n) is 3.91. The number of hydrogen-bond donors (Lipinski definition) is 0. The molecule has 0 atom stereocenters. The summed E-state index contributed by atoms with van der Waals surface area (Å²) in [5.41, 5.74) is 0.928. The molecule has 0 heterocycles. The van der Waals surface area contributed by atoms with Gasteiger partial charge in [-0.05, 0) is 30.1 Å². The highest BCUT2D eigenvalue weighted by molar-refractivity contribution is 7.83. The fraction of sp³-hybridized carbons (Fsp3) is 0.0476. The lowest BCUT2D eigenvalue weighted by Crippen LogP contribution is -2.14. The van der Waals surface area contributed by atoms with Crippen LogP contribution in [0.1, 0.15) is 0 Å². The van der Waals surface area contributed by atoms with E-state index in [1.165, 1.54) is 10.6 Å². The zero-order valence-electron chi connectivity index (χ0n) is 13.7. The predicted molar refractivity (Wildman–Crippen MR) is 104 cm³/mol. The van der Waals surface area contributed by atoms with Crippen molar-refractivity contribution in [3.63, 3.8) is 0 Å². The van der Waals surface area contributed by atoms with Gasteiger partial charge in [0.15, 0.2) is 0 Å². The Morgan fingerprint density at radius 3 is 1.71 bits per heavy atom. The van der Waals surface area contributed by atoms with Crippen molar-refractivity contribution in [3.8, 4) is 5.75 Å². The molecule has 0 aliphatic rings. The normalized spacial score (nSPS) is 10.9. The molecular formula is C21H20NOP. The largest absolute Gasteiger partial charge is 0.497 e. The van der Waals surface area contributed by atoms with Crippen molar-refractivity contribution in [2.24, 2.45) is 4.74 Å². The van der Waals surface area contributed by atoms with Crippen LogP contribution in [-0.4, -0.2) is 7.11 Å². The number of hydrogen-bond acceptors (Lipinski definition) is 2. The van der Waals surface area contributed by atoms with Crippen molar-refractivity contribution in [2.75, 3.05) is 7.11 Å². The minimum Gasteiger partial charge on any atom is -0.497 e. The molecule has 0 aliphatic carbocycles. The van der Waals surface area contributed by atoms with E-state index >= 15 is 0 Å². The van der Waals surface area contributed by atoms with E-state index in [0.29, 0.717) is 0 Å². The number of nitrogens with zero attached hydrogens (tertiary/aromatic N) is 1. The van der Waals surface area contributed by atoms with Crippen LogP contribution < -0.4 is 15.3 Å². The van der Waals surface area contributed by atoms with Crippen LogP contribution in [0, 0.1) is 0 Å². The van der Waals surface area contributed by atoms with Gasteiger partial charge in [0.25, 0.3) is 0 Å². The summed E-state index contributed by atoms with van der Waals surface area (Å²) in [7, 11) is -0.411. The molecule has 0 amide bonds. The molecule has 3 rings (SSSR count). The van der Waals surface area contributed by atoms with Gasteiger partial charge in [-0.2, -0.15) is 0 Å². The van der Waals surface area contributed by atoms with E-state index in [1.807, 2.05) is 42.2 Å². The Morgan fingerprint density at radius 2 is 1.29 bits per heavy atom. The molecule has 3 aromatic rings. The standard InChI is InChI=1S/C21H20NOP/c1-3-24(20-10-6-4-7-11-20,21-12-8-5-9-13-21)22-18-14-16-19(23-2)17-15-18/h3-17H,1H2,2H3. The molecular weight excluding hydrogens is 313 g/mol. The second-order valence-corrected chi connectivity index (χ2v) is 8.31. The van der Waals surface area contributed by atoms with Crippen LogP contribution in [0.5, 0.6) is 5.75 Å². The molecule has 2 nitrogen and oxygen atoms in total. The molecule has 0 saturated carbocycles. The third-order valence-corrected chi connectivity index (χ3v) is 7.16. The summed E-state index contributed by atoms with van der Waals surface area (Å²) >= 11 is 0. The van der Waals surface area contributed by atoms with Gasteiger partial charge in [0.2, 0.25) is 0 Å². The molecule has 0 aromatic heterocycles. The summed E-state index contributed by atoms with van der Waals surface area (Å²) in [5.74, 6) is 2.85. The first-order valence-electron chi connectivity index (χ1n) is 7.79. The minimum atomic E-state index is -2.08. The van der Waals surface area contributed by atoms with E-state index < -0.39 is 7.05 Å². The van der Waals surface area contributed by atoms with Gasteiger partial charge in [0.1, 0.15) is 5.75 Å². The maximum absolute atomic E-state index is 5.24. The van der Waals surface area contributed by atoms with Gasteiger partial charge < -0.3 is 4.74 Å². The van der Waals surface area contributed by atoms with Gasteiger partial charge in [0.05, 0.1) is 19.9 Å².